The van der Waals surface area contributed by atoms with Gasteiger partial charge in [0.15, 0.2) is 0 Å². The minimum absolute atomic E-state index is 0.102. The maximum Gasteiger partial charge on any atom is 0.407 e. The Morgan fingerprint density at radius 3 is 1.81 bits per heavy atom. The normalized spacial score (nSPS) is 11.2. The first-order valence-electron chi connectivity index (χ1n) is 10.9. The summed E-state index contributed by atoms with van der Waals surface area (Å²) >= 11 is 5.74. The molecule has 0 radical (unpaired) electrons. The summed E-state index contributed by atoms with van der Waals surface area (Å²) in [6, 6.07) is 7.23. The van der Waals surface area contributed by atoms with Gasteiger partial charge in [0.25, 0.3) is 5.91 Å². The van der Waals surface area contributed by atoms with Gasteiger partial charge in [-0.15, -0.1) is 11.6 Å². The molecule has 0 aliphatic heterocycles. The second-order valence-electron chi connectivity index (χ2n) is 8.06. The Kier molecular flexibility index (Phi) is 14.7. The van der Waals surface area contributed by atoms with Crippen molar-refractivity contribution in [3.8, 4) is 0 Å². The fourth-order valence-corrected chi connectivity index (χ4v) is 2.62. The lowest BCUT2D eigenvalue weighted by Gasteiger charge is -2.19. The van der Waals surface area contributed by atoms with Crippen LogP contribution in [-0.4, -0.2) is 70.3 Å². The van der Waals surface area contributed by atoms with Crippen molar-refractivity contribution in [2.45, 2.75) is 45.1 Å². The molecule has 0 fully saturated rings. The third kappa shape index (κ3) is 15.0. The highest BCUT2D eigenvalue weighted by molar-refractivity contribution is 6.17. The van der Waals surface area contributed by atoms with Crippen molar-refractivity contribution in [1.82, 2.24) is 10.6 Å². The zero-order valence-electron chi connectivity index (χ0n) is 19.4. The second kappa shape index (κ2) is 16.7. The summed E-state index contributed by atoms with van der Waals surface area (Å²) in [7, 11) is 0. The molecule has 182 valence electrons. The van der Waals surface area contributed by atoms with Crippen LogP contribution in [0, 0.1) is 0 Å². The Bertz CT molecular complexity index is 649. The molecule has 0 aliphatic carbocycles. The molecular formula is C23H37ClN2O6. The molecule has 0 atom stereocenters. The molecule has 0 spiro atoms. The van der Waals surface area contributed by atoms with Crippen LogP contribution >= 0.6 is 11.6 Å². The van der Waals surface area contributed by atoms with E-state index in [4.69, 9.17) is 30.5 Å². The molecule has 32 heavy (non-hydrogen) atoms. The second-order valence-corrected chi connectivity index (χ2v) is 8.33. The minimum Gasteiger partial charge on any atom is -0.444 e. The average molecular weight is 473 g/mol. The Morgan fingerprint density at radius 1 is 0.812 bits per heavy atom. The quantitative estimate of drug-likeness (QED) is 0.282. The van der Waals surface area contributed by atoms with Crippen molar-refractivity contribution >= 4 is 23.6 Å². The summed E-state index contributed by atoms with van der Waals surface area (Å²) < 4.78 is 21.5. The van der Waals surface area contributed by atoms with E-state index in [-0.39, 0.29) is 5.91 Å². The smallest absolute Gasteiger partial charge is 0.407 e. The van der Waals surface area contributed by atoms with Gasteiger partial charge < -0.3 is 29.6 Å². The van der Waals surface area contributed by atoms with Gasteiger partial charge in [0.05, 0.1) is 26.4 Å². The Balaban J connectivity index is 1.84. The number of ether oxygens (including phenoxy) is 4. The number of halogens is 1. The van der Waals surface area contributed by atoms with Crippen LogP contribution in [0.1, 0.15) is 49.5 Å². The number of alkyl halides is 1. The molecular weight excluding hydrogens is 436 g/mol. The van der Waals surface area contributed by atoms with Crippen molar-refractivity contribution in [2.24, 2.45) is 0 Å². The van der Waals surface area contributed by atoms with Crippen LogP contribution in [0.2, 0.25) is 0 Å². The lowest BCUT2D eigenvalue weighted by atomic mass is 10.1. The summed E-state index contributed by atoms with van der Waals surface area (Å²) in [6.07, 6.45) is 1.02. The van der Waals surface area contributed by atoms with Crippen molar-refractivity contribution in [2.75, 3.05) is 52.7 Å². The number of hydrogen-bond donors (Lipinski definition) is 2. The standard InChI is InChI=1S/C23H37ClN2O6/c1-23(2,3)32-22(28)26-11-5-13-30-15-17-31-16-14-29-12-4-10-25-21(27)20-8-6-19(18-24)7-9-20/h6-9H,4-5,10-18H2,1-3H3,(H,25,27)(H,26,28). The number of amides is 2. The number of benzene rings is 1. The molecule has 0 bridgehead atoms. The zero-order valence-corrected chi connectivity index (χ0v) is 20.2. The number of hydrogen-bond acceptors (Lipinski definition) is 6. The third-order valence-electron chi connectivity index (χ3n) is 4.00. The lowest BCUT2D eigenvalue weighted by Crippen LogP contribution is -2.33. The summed E-state index contributed by atoms with van der Waals surface area (Å²) in [5.74, 6) is 0.334. The van der Waals surface area contributed by atoms with Gasteiger partial charge in [-0.3, -0.25) is 4.79 Å². The molecule has 1 rings (SSSR count). The number of carbonyl (C=O) groups is 2. The van der Waals surface area contributed by atoms with Gasteiger partial charge in [-0.1, -0.05) is 12.1 Å². The molecule has 0 aliphatic rings. The largest absolute Gasteiger partial charge is 0.444 e. The summed E-state index contributed by atoms with van der Waals surface area (Å²) in [6.45, 7) is 9.58. The molecule has 0 aromatic heterocycles. The number of alkyl carbamates (subject to hydrolysis) is 1. The van der Waals surface area contributed by atoms with Crippen LogP contribution < -0.4 is 10.6 Å². The molecule has 2 N–H and O–H groups in total. The van der Waals surface area contributed by atoms with E-state index in [1.165, 1.54) is 0 Å². The van der Waals surface area contributed by atoms with Crippen LogP contribution in [0.5, 0.6) is 0 Å². The summed E-state index contributed by atoms with van der Waals surface area (Å²) in [5.41, 5.74) is 1.11. The van der Waals surface area contributed by atoms with E-state index in [0.717, 1.165) is 12.0 Å². The van der Waals surface area contributed by atoms with E-state index < -0.39 is 11.7 Å². The lowest BCUT2D eigenvalue weighted by molar-refractivity contribution is 0.0136. The summed E-state index contributed by atoms with van der Waals surface area (Å²) in [4.78, 5) is 23.5. The third-order valence-corrected chi connectivity index (χ3v) is 4.31. The maximum atomic E-state index is 12.0. The average Bonchev–Trinajstić information content (AvgIpc) is 2.75. The van der Waals surface area contributed by atoms with Gasteiger partial charge in [-0.25, -0.2) is 4.79 Å². The highest BCUT2D eigenvalue weighted by Crippen LogP contribution is 2.07. The molecule has 1 aromatic carbocycles. The van der Waals surface area contributed by atoms with Crippen LogP contribution in [0.15, 0.2) is 24.3 Å². The van der Waals surface area contributed by atoms with E-state index in [9.17, 15) is 9.59 Å². The molecule has 2 amide bonds. The molecule has 8 nitrogen and oxygen atoms in total. The topological polar surface area (TPSA) is 95.1 Å². The highest BCUT2D eigenvalue weighted by Gasteiger charge is 2.15. The van der Waals surface area contributed by atoms with Gasteiger partial charge >= 0.3 is 6.09 Å². The Labute approximate surface area is 196 Å². The Morgan fingerprint density at radius 2 is 1.31 bits per heavy atom. The van der Waals surface area contributed by atoms with Crippen molar-refractivity contribution in [1.29, 1.82) is 0 Å². The van der Waals surface area contributed by atoms with E-state index in [1.807, 2.05) is 32.9 Å². The van der Waals surface area contributed by atoms with Gasteiger partial charge in [-0.05, 0) is 51.3 Å². The predicted molar refractivity (Wildman–Crippen MR) is 124 cm³/mol. The molecule has 0 saturated carbocycles. The number of rotatable bonds is 16. The van der Waals surface area contributed by atoms with Gasteiger partial charge in [0, 0.05) is 37.7 Å². The van der Waals surface area contributed by atoms with Gasteiger partial charge in [0.1, 0.15) is 5.60 Å². The fourth-order valence-electron chi connectivity index (χ4n) is 2.44. The van der Waals surface area contributed by atoms with Crippen LogP contribution in [0.25, 0.3) is 0 Å². The first-order chi connectivity index (χ1) is 15.3. The van der Waals surface area contributed by atoms with Crippen molar-refractivity contribution < 1.29 is 28.5 Å². The number of nitrogens with one attached hydrogen (secondary N) is 2. The van der Waals surface area contributed by atoms with E-state index in [1.54, 1.807) is 12.1 Å². The Hall–Kier alpha value is -1.87. The van der Waals surface area contributed by atoms with Crippen LogP contribution in [0.3, 0.4) is 0 Å². The first-order valence-corrected chi connectivity index (χ1v) is 11.5. The van der Waals surface area contributed by atoms with Gasteiger partial charge in [0.2, 0.25) is 0 Å². The van der Waals surface area contributed by atoms with Gasteiger partial charge in [-0.2, -0.15) is 0 Å². The van der Waals surface area contributed by atoms with E-state index in [2.05, 4.69) is 10.6 Å². The predicted octanol–water partition coefficient (Wildman–Crippen LogP) is 3.51. The fraction of sp³-hybridized carbons (Fsp3) is 0.652. The van der Waals surface area contributed by atoms with E-state index >= 15 is 0 Å². The van der Waals surface area contributed by atoms with Crippen LogP contribution in [0.4, 0.5) is 4.79 Å². The SMILES string of the molecule is CC(C)(C)OC(=O)NCCCOCCOCCOCCCNC(=O)c1ccc(CCl)cc1. The highest BCUT2D eigenvalue weighted by atomic mass is 35.5. The van der Waals surface area contributed by atoms with Crippen LogP contribution in [-0.2, 0) is 24.8 Å². The monoisotopic (exact) mass is 472 g/mol. The molecule has 0 heterocycles. The first kappa shape index (κ1) is 28.2. The van der Waals surface area contributed by atoms with E-state index in [0.29, 0.717) is 70.6 Å². The molecule has 0 unspecified atom stereocenters. The maximum absolute atomic E-state index is 12.0. The molecule has 1 aromatic rings. The number of carbonyl (C=O) groups excluding carboxylic acids is 2. The van der Waals surface area contributed by atoms with Crippen molar-refractivity contribution in [3.05, 3.63) is 35.4 Å². The molecule has 0 saturated heterocycles. The van der Waals surface area contributed by atoms with Crippen molar-refractivity contribution in [3.63, 3.8) is 0 Å². The molecule has 9 heteroatoms. The summed E-state index contributed by atoms with van der Waals surface area (Å²) in [5, 5.41) is 5.54. The minimum atomic E-state index is -0.491. The zero-order chi connectivity index (χ0) is 23.7.